The molecule has 0 radical (unpaired) electrons. The Morgan fingerprint density at radius 2 is 2.10 bits per heavy atom. The Morgan fingerprint density at radius 3 is 2.71 bits per heavy atom. The number of nitrogens with two attached hydrogens (primary N) is 1. The molecule has 0 aliphatic heterocycles. The number of benzene rings is 1. The van der Waals surface area contributed by atoms with Crippen molar-refractivity contribution in [3.05, 3.63) is 29.8 Å². The van der Waals surface area contributed by atoms with E-state index in [0.29, 0.717) is 12.5 Å². The highest BCUT2D eigenvalue weighted by Gasteiger charge is 2.20. The molecular weight excluding hydrogens is 262 g/mol. The molecule has 1 aromatic rings. The lowest BCUT2D eigenvalue weighted by Crippen LogP contribution is -2.26. The number of aliphatic imine (C=N–C) groups is 1. The van der Waals surface area contributed by atoms with Gasteiger partial charge >= 0.3 is 0 Å². The number of hydrogen-bond acceptors (Lipinski definition) is 3. The van der Waals surface area contributed by atoms with E-state index in [9.17, 15) is 0 Å². The molecule has 2 N–H and O–H groups in total. The van der Waals surface area contributed by atoms with E-state index >= 15 is 0 Å². The van der Waals surface area contributed by atoms with Crippen molar-refractivity contribution in [3.8, 4) is 5.75 Å². The van der Waals surface area contributed by atoms with Crippen LogP contribution in [-0.2, 0) is 0 Å². The van der Waals surface area contributed by atoms with E-state index in [0.717, 1.165) is 11.6 Å². The van der Waals surface area contributed by atoms with Crippen LogP contribution in [0.5, 0.6) is 5.75 Å². The maximum absolute atomic E-state index is 6.17. The third-order valence-electron chi connectivity index (χ3n) is 4.32. The van der Waals surface area contributed by atoms with Gasteiger partial charge in [0.25, 0.3) is 0 Å². The van der Waals surface area contributed by atoms with Crippen LogP contribution < -0.4 is 10.5 Å². The number of methoxy groups -OCH3 is 1. The fraction of sp³-hybridized carbons (Fsp3) is 0.588. The van der Waals surface area contributed by atoms with Gasteiger partial charge in [0.1, 0.15) is 5.75 Å². The van der Waals surface area contributed by atoms with Gasteiger partial charge in [-0.1, -0.05) is 25.0 Å². The molecule has 2 rings (SSSR count). The number of hydrogen-bond donors (Lipinski definition) is 1. The van der Waals surface area contributed by atoms with Crippen molar-refractivity contribution in [1.82, 2.24) is 4.90 Å². The van der Waals surface area contributed by atoms with E-state index in [2.05, 4.69) is 36.1 Å². The molecule has 0 amide bonds. The SMILES string of the molecule is COc1cccc(C(CN=C(N)C2CCCC2)N(C)C)c1. The minimum Gasteiger partial charge on any atom is -0.497 e. The molecule has 1 aliphatic carbocycles. The van der Waals surface area contributed by atoms with Gasteiger partial charge in [-0.3, -0.25) is 4.99 Å². The van der Waals surface area contributed by atoms with Crippen molar-refractivity contribution >= 4 is 5.84 Å². The van der Waals surface area contributed by atoms with Crippen molar-refractivity contribution in [1.29, 1.82) is 0 Å². The molecule has 0 bridgehead atoms. The van der Waals surface area contributed by atoms with Crippen molar-refractivity contribution in [2.45, 2.75) is 31.7 Å². The molecule has 21 heavy (non-hydrogen) atoms. The third-order valence-corrected chi connectivity index (χ3v) is 4.32. The molecule has 0 heterocycles. The predicted octanol–water partition coefficient (Wildman–Crippen LogP) is 2.85. The van der Waals surface area contributed by atoms with Gasteiger partial charge in [0.15, 0.2) is 0 Å². The summed E-state index contributed by atoms with van der Waals surface area (Å²) in [6.45, 7) is 0.697. The Balaban J connectivity index is 2.09. The molecule has 0 spiro atoms. The number of rotatable bonds is 6. The molecule has 1 fully saturated rings. The highest BCUT2D eigenvalue weighted by atomic mass is 16.5. The zero-order valence-corrected chi connectivity index (χ0v) is 13.4. The maximum Gasteiger partial charge on any atom is 0.119 e. The minimum atomic E-state index is 0.222. The Hall–Kier alpha value is -1.55. The number of nitrogens with zero attached hydrogens (tertiary/aromatic N) is 2. The number of amidine groups is 1. The summed E-state index contributed by atoms with van der Waals surface area (Å²) in [5.41, 5.74) is 7.38. The van der Waals surface area contributed by atoms with Crippen molar-refractivity contribution in [3.63, 3.8) is 0 Å². The summed E-state index contributed by atoms with van der Waals surface area (Å²) in [4.78, 5) is 6.85. The summed E-state index contributed by atoms with van der Waals surface area (Å²) >= 11 is 0. The van der Waals surface area contributed by atoms with Crippen LogP contribution in [0.15, 0.2) is 29.3 Å². The molecule has 4 heteroatoms. The predicted molar refractivity (Wildman–Crippen MR) is 87.9 cm³/mol. The van der Waals surface area contributed by atoms with E-state index in [1.807, 2.05) is 12.1 Å². The highest BCUT2D eigenvalue weighted by molar-refractivity contribution is 5.83. The van der Waals surface area contributed by atoms with Gasteiger partial charge in [-0.25, -0.2) is 0 Å². The molecule has 4 nitrogen and oxygen atoms in total. The van der Waals surface area contributed by atoms with Gasteiger partial charge in [0.2, 0.25) is 0 Å². The topological polar surface area (TPSA) is 50.9 Å². The van der Waals surface area contributed by atoms with E-state index in [-0.39, 0.29) is 6.04 Å². The first-order chi connectivity index (χ1) is 10.1. The fourth-order valence-corrected chi connectivity index (χ4v) is 2.96. The van der Waals surface area contributed by atoms with E-state index < -0.39 is 0 Å². The second-order valence-electron chi connectivity index (χ2n) is 6.00. The van der Waals surface area contributed by atoms with E-state index in [1.54, 1.807) is 7.11 Å². The van der Waals surface area contributed by atoms with Crippen LogP contribution in [0.2, 0.25) is 0 Å². The molecule has 1 aromatic carbocycles. The lowest BCUT2D eigenvalue weighted by Gasteiger charge is -2.24. The van der Waals surface area contributed by atoms with Crippen LogP contribution in [0.3, 0.4) is 0 Å². The summed E-state index contributed by atoms with van der Waals surface area (Å²) in [5, 5.41) is 0. The van der Waals surface area contributed by atoms with Crippen LogP contribution >= 0.6 is 0 Å². The quantitative estimate of drug-likeness (QED) is 0.647. The molecule has 1 saturated carbocycles. The van der Waals surface area contributed by atoms with Gasteiger partial charge in [0.05, 0.1) is 25.5 Å². The van der Waals surface area contributed by atoms with Crippen LogP contribution in [0.1, 0.15) is 37.3 Å². The molecular formula is C17H27N3O. The van der Waals surface area contributed by atoms with Gasteiger partial charge in [-0.05, 0) is 44.6 Å². The summed E-state index contributed by atoms with van der Waals surface area (Å²) in [5.74, 6) is 2.22. The average Bonchev–Trinajstić information content (AvgIpc) is 3.01. The van der Waals surface area contributed by atoms with Gasteiger partial charge in [0, 0.05) is 5.92 Å². The number of likely N-dealkylation sites (N-methyl/N-ethyl adjacent to an activating group) is 1. The Morgan fingerprint density at radius 1 is 1.38 bits per heavy atom. The summed E-state index contributed by atoms with van der Waals surface area (Å²) in [6.07, 6.45) is 4.96. The first kappa shape index (κ1) is 15.8. The zero-order chi connectivity index (χ0) is 15.2. The lowest BCUT2D eigenvalue weighted by atomic mass is 10.0. The largest absolute Gasteiger partial charge is 0.497 e. The van der Waals surface area contributed by atoms with Crippen molar-refractivity contribution in [2.24, 2.45) is 16.6 Å². The molecule has 116 valence electrons. The number of ether oxygens (including phenoxy) is 1. The summed E-state index contributed by atoms with van der Waals surface area (Å²) in [7, 11) is 5.84. The van der Waals surface area contributed by atoms with E-state index in [1.165, 1.54) is 31.2 Å². The van der Waals surface area contributed by atoms with Crippen LogP contribution in [0, 0.1) is 5.92 Å². The van der Waals surface area contributed by atoms with Gasteiger partial charge in [-0.15, -0.1) is 0 Å². The normalized spacial score (nSPS) is 18.2. The Labute approximate surface area is 128 Å². The zero-order valence-electron chi connectivity index (χ0n) is 13.4. The first-order valence-electron chi connectivity index (χ1n) is 7.72. The molecule has 1 atom stereocenters. The van der Waals surface area contributed by atoms with Crippen LogP contribution in [-0.4, -0.2) is 38.5 Å². The standard InChI is InChI=1S/C17H27N3O/c1-20(2)16(14-9-6-10-15(11-14)21-3)12-19-17(18)13-7-4-5-8-13/h6,9-11,13,16H,4-5,7-8,12H2,1-3H3,(H2,18,19). The van der Waals surface area contributed by atoms with Crippen molar-refractivity contribution < 1.29 is 4.74 Å². The highest BCUT2D eigenvalue weighted by Crippen LogP contribution is 2.26. The fourth-order valence-electron chi connectivity index (χ4n) is 2.96. The third kappa shape index (κ3) is 4.21. The second kappa shape index (κ2) is 7.46. The summed E-state index contributed by atoms with van der Waals surface area (Å²) in [6, 6.07) is 8.40. The van der Waals surface area contributed by atoms with Gasteiger partial charge < -0.3 is 15.4 Å². The van der Waals surface area contributed by atoms with Gasteiger partial charge in [-0.2, -0.15) is 0 Å². The monoisotopic (exact) mass is 289 g/mol. The first-order valence-corrected chi connectivity index (χ1v) is 7.72. The van der Waals surface area contributed by atoms with Crippen LogP contribution in [0.4, 0.5) is 0 Å². The average molecular weight is 289 g/mol. The second-order valence-corrected chi connectivity index (χ2v) is 6.00. The molecule has 0 aromatic heterocycles. The van der Waals surface area contributed by atoms with Crippen LogP contribution in [0.25, 0.3) is 0 Å². The Bertz CT molecular complexity index is 479. The molecule has 1 unspecified atom stereocenters. The minimum absolute atomic E-state index is 0.222. The lowest BCUT2D eigenvalue weighted by molar-refractivity contribution is 0.305. The summed E-state index contributed by atoms with van der Waals surface area (Å²) < 4.78 is 5.31. The van der Waals surface area contributed by atoms with E-state index in [4.69, 9.17) is 10.5 Å². The molecule has 0 saturated heterocycles. The van der Waals surface area contributed by atoms with Crippen molar-refractivity contribution in [2.75, 3.05) is 27.7 Å². The Kier molecular flexibility index (Phi) is 5.62. The maximum atomic E-state index is 6.17. The smallest absolute Gasteiger partial charge is 0.119 e. The molecule has 1 aliphatic rings.